The second kappa shape index (κ2) is 5.19. The third-order valence-electron chi connectivity index (χ3n) is 3.23. The molecule has 0 bridgehead atoms. The number of hydrogen-bond donors (Lipinski definition) is 1. The van der Waals surface area contributed by atoms with E-state index in [1.165, 1.54) is 5.56 Å². The molecule has 4 nitrogen and oxygen atoms in total. The molecule has 0 saturated carbocycles. The molecule has 1 heterocycles. The van der Waals surface area contributed by atoms with E-state index in [-0.39, 0.29) is 12.2 Å². The van der Waals surface area contributed by atoms with E-state index in [1.54, 1.807) is 0 Å². The molecule has 0 aromatic heterocycles. The molecule has 1 N–H and O–H groups in total. The first-order chi connectivity index (χ1) is 8.22. The third kappa shape index (κ3) is 2.58. The van der Waals surface area contributed by atoms with E-state index in [0.717, 1.165) is 13.1 Å². The summed E-state index contributed by atoms with van der Waals surface area (Å²) in [6.45, 7) is 4.31. The topological polar surface area (TPSA) is 35.6 Å². The highest BCUT2D eigenvalue weighted by molar-refractivity contribution is 5.76. The minimum Gasteiger partial charge on any atom is -0.319 e. The Morgan fingerprint density at radius 2 is 2.00 bits per heavy atom. The lowest BCUT2D eigenvalue weighted by atomic mass is 10.2. The van der Waals surface area contributed by atoms with Crippen molar-refractivity contribution in [2.24, 2.45) is 0 Å². The Morgan fingerprint density at radius 1 is 1.29 bits per heavy atom. The van der Waals surface area contributed by atoms with Gasteiger partial charge in [0.2, 0.25) is 0 Å². The first-order valence-corrected chi connectivity index (χ1v) is 5.99. The van der Waals surface area contributed by atoms with Gasteiger partial charge in [-0.25, -0.2) is 4.79 Å². The van der Waals surface area contributed by atoms with E-state index < -0.39 is 0 Å². The van der Waals surface area contributed by atoms with Gasteiger partial charge in [0, 0.05) is 19.6 Å². The summed E-state index contributed by atoms with van der Waals surface area (Å²) in [6, 6.07) is 10.2. The van der Waals surface area contributed by atoms with Crippen molar-refractivity contribution in [2.75, 3.05) is 20.1 Å². The zero-order valence-electron chi connectivity index (χ0n) is 10.4. The molecule has 1 aliphatic rings. The van der Waals surface area contributed by atoms with E-state index in [9.17, 15) is 4.79 Å². The van der Waals surface area contributed by atoms with Gasteiger partial charge in [0.1, 0.15) is 0 Å². The summed E-state index contributed by atoms with van der Waals surface area (Å²) in [7, 11) is 1.87. The van der Waals surface area contributed by atoms with Crippen molar-refractivity contribution >= 4 is 6.03 Å². The fourth-order valence-electron chi connectivity index (χ4n) is 2.07. The minimum absolute atomic E-state index is 0.100. The third-order valence-corrected chi connectivity index (χ3v) is 3.23. The highest BCUT2D eigenvalue weighted by Crippen LogP contribution is 2.14. The normalized spacial score (nSPS) is 17.6. The second-order valence-corrected chi connectivity index (χ2v) is 4.35. The van der Waals surface area contributed by atoms with E-state index in [1.807, 2.05) is 42.0 Å². The fraction of sp³-hybridized carbons (Fsp3) is 0.462. The highest BCUT2D eigenvalue weighted by atomic mass is 16.2. The lowest BCUT2D eigenvalue weighted by Gasteiger charge is -2.24. The molecule has 1 saturated heterocycles. The Morgan fingerprint density at radius 3 is 2.65 bits per heavy atom. The summed E-state index contributed by atoms with van der Waals surface area (Å²) in [5.74, 6) is 0. The number of nitrogens with zero attached hydrogens (tertiary/aromatic N) is 2. The second-order valence-electron chi connectivity index (χ2n) is 4.35. The Balaban J connectivity index is 1.99. The van der Waals surface area contributed by atoms with Crippen LogP contribution in [0.25, 0.3) is 0 Å². The van der Waals surface area contributed by atoms with Gasteiger partial charge in [-0.2, -0.15) is 0 Å². The highest BCUT2D eigenvalue weighted by Gasteiger charge is 2.30. The largest absolute Gasteiger partial charge is 0.321 e. The Labute approximate surface area is 102 Å². The number of urea groups is 1. The smallest absolute Gasteiger partial charge is 0.319 e. The molecule has 1 unspecified atom stereocenters. The molecule has 4 heteroatoms. The van der Waals surface area contributed by atoms with Crippen LogP contribution in [0, 0.1) is 0 Å². The number of nitrogens with one attached hydrogen (secondary N) is 1. The minimum atomic E-state index is 0.100. The van der Waals surface area contributed by atoms with Gasteiger partial charge in [0.25, 0.3) is 0 Å². The molecule has 1 aliphatic heterocycles. The molecule has 1 fully saturated rings. The Bertz CT molecular complexity index is 380. The SMILES string of the molecule is CNC(C)N1CCN(Cc2ccccc2)C1=O. The molecule has 0 radical (unpaired) electrons. The first-order valence-electron chi connectivity index (χ1n) is 5.99. The number of hydrogen-bond acceptors (Lipinski definition) is 2. The van der Waals surface area contributed by atoms with Crippen LogP contribution in [0.3, 0.4) is 0 Å². The maximum atomic E-state index is 12.1. The Kier molecular flexibility index (Phi) is 3.64. The predicted octanol–water partition coefficient (Wildman–Crippen LogP) is 1.49. The van der Waals surface area contributed by atoms with E-state index in [4.69, 9.17) is 0 Å². The lowest BCUT2D eigenvalue weighted by molar-refractivity contribution is 0.173. The van der Waals surface area contributed by atoms with Crippen LogP contribution < -0.4 is 5.32 Å². The molecular weight excluding hydrogens is 214 g/mol. The predicted molar refractivity (Wildman–Crippen MR) is 67.5 cm³/mol. The molecule has 1 aromatic rings. The molecular formula is C13H19N3O. The summed E-state index contributed by atoms with van der Waals surface area (Å²) in [6.07, 6.45) is 0.100. The summed E-state index contributed by atoms with van der Waals surface area (Å²) >= 11 is 0. The van der Waals surface area contributed by atoms with Gasteiger partial charge in [-0.1, -0.05) is 30.3 Å². The number of carbonyl (C=O) groups excluding carboxylic acids is 1. The van der Waals surface area contributed by atoms with Crippen LogP contribution in [0.4, 0.5) is 4.79 Å². The van der Waals surface area contributed by atoms with Crippen LogP contribution in [0.2, 0.25) is 0 Å². The number of benzene rings is 1. The lowest BCUT2D eigenvalue weighted by Crippen LogP contribution is -2.44. The molecule has 1 atom stereocenters. The van der Waals surface area contributed by atoms with Crippen LogP contribution in [-0.2, 0) is 6.54 Å². The first kappa shape index (κ1) is 11.9. The maximum absolute atomic E-state index is 12.1. The van der Waals surface area contributed by atoms with E-state index in [2.05, 4.69) is 17.4 Å². The molecule has 92 valence electrons. The fourth-order valence-corrected chi connectivity index (χ4v) is 2.07. The van der Waals surface area contributed by atoms with Crippen molar-refractivity contribution in [3.8, 4) is 0 Å². The van der Waals surface area contributed by atoms with Crippen molar-refractivity contribution in [2.45, 2.75) is 19.6 Å². The van der Waals surface area contributed by atoms with E-state index >= 15 is 0 Å². The number of amides is 2. The van der Waals surface area contributed by atoms with Crippen molar-refractivity contribution in [3.63, 3.8) is 0 Å². The van der Waals surface area contributed by atoms with Crippen molar-refractivity contribution in [1.29, 1.82) is 0 Å². The van der Waals surface area contributed by atoms with E-state index in [0.29, 0.717) is 6.54 Å². The van der Waals surface area contributed by atoms with Crippen molar-refractivity contribution < 1.29 is 4.79 Å². The summed E-state index contributed by atoms with van der Waals surface area (Å²) in [5, 5.41) is 3.10. The standard InChI is InChI=1S/C13H19N3O/c1-11(14-2)16-9-8-15(13(16)17)10-12-6-4-3-5-7-12/h3-7,11,14H,8-10H2,1-2H3. The van der Waals surface area contributed by atoms with Gasteiger partial charge < -0.3 is 15.1 Å². The molecule has 17 heavy (non-hydrogen) atoms. The zero-order chi connectivity index (χ0) is 12.3. The number of carbonyl (C=O) groups is 1. The quantitative estimate of drug-likeness (QED) is 0.855. The van der Waals surface area contributed by atoms with Gasteiger partial charge >= 0.3 is 6.03 Å². The van der Waals surface area contributed by atoms with Gasteiger partial charge in [-0.3, -0.25) is 0 Å². The monoisotopic (exact) mass is 233 g/mol. The summed E-state index contributed by atoms with van der Waals surface area (Å²) < 4.78 is 0. The van der Waals surface area contributed by atoms with Gasteiger partial charge in [0.05, 0.1) is 6.17 Å². The molecule has 0 aliphatic carbocycles. The zero-order valence-corrected chi connectivity index (χ0v) is 10.4. The molecule has 2 amide bonds. The Hall–Kier alpha value is -1.55. The van der Waals surface area contributed by atoms with Gasteiger partial charge in [-0.15, -0.1) is 0 Å². The van der Waals surface area contributed by atoms with Crippen LogP contribution in [-0.4, -0.2) is 42.1 Å². The molecule has 2 rings (SSSR count). The van der Waals surface area contributed by atoms with Crippen molar-refractivity contribution in [1.82, 2.24) is 15.1 Å². The van der Waals surface area contributed by atoms with Crippen LogP contribution >= 0.6 is 0 Å². The summed E-state index contributed by atoms with van der Waals surface area (Å²) in [5.41, 5.74) is 1.18. The van der Waals surface area contributed by atoms with Crippen LogP contribution in [0.5, 0.6) is 0 Å². The summed E-state index contributed by atoms with van der Waals surface area (Å²) in [4.78, 5) is 15.9. The number of rotatable bonds is 4. The maximum Gasteiger partial charge on any atom is 0.321 e. The van der Waals surface area contributed by atoms with Crippen LogP contribution in [0.15, 0.2) is 30.3 Å². The molecule has 1 aromatic carbocycles. The molecule has 0 spiro atoms. The van der Waals surface area contributed by atoms with Gasteiger partial charge in [-0.05, 0) is 19.5 Å². The average Bonchev–Trinajstić information content (AvgIpc) is 2.72. The van der Waals surface area contributed by atoms with Gasteiger partial charge in [0.15, 0.2) is 0 Å². The van der Waals surface area contributed by atoms with Crippen molar-refractivity contribution in [3.05, 3.63) is 35.9 Å². The van der Waals surface area contributed by atoms with Crippen LogP contribution in [0.1, 0.15) is 12.5 Å². The average molecular weight is 233 g/mol.